The van der Waals surface area contributed by atoms with E-state index >= 15 is 0 Å². The van der Waals surface area contributed by atoms with Crippen molar-refractivity contribution >= 4 is 42.3 Å². The van der Waals surface area contributed by atoms with E-state index in [1.54, 1.807) is 0 Å². The normalized spacial score (nSPS) is 8.05. The summed E-state index contributed by atoms with van der Waals surface area (Å²) < 4.78 is 26.6. The van der Waals surface area contributed by atoms with Crippen LogP contribution in [0, 0.1) is 0 Å². The topological polar surface area (TPSA) is 335 Å². The summed E-state index contributed by atoms with van der Waals surface area (Å²) in [6.45, 7) is 0. The maximum atomic E-state index is 8.88. The molecule has 0 saturated heterocycles. The van der Waals surface area contributed by atoms with Crippen molar-refractivity contribution in [2.75, 3.05) is 0 Å². The third-order valence-electron chi connectivity index (χ3n) is 0. The van der Waals surface area contributed by atoms with Gasteiger partial charge in [-0.1, -0.05) is 0 Å². The molecule has 0 bridgehead atoms. The summed E-state index contributed by atoms with van der Waals surface area (Å²) in [7, 11) is -13.9. The molecule has 17 N–H and O–H groups in total. The van der Waals surface area contributed by atoms with Crippen LogP contribution in [0.4, 0.5) is 0 Å². The van der Waals surface area contributed by atoms with Crippen molar-refractivity contribution in [2.24, 2.45) is 0 Å². The van der Waals surface area contributed by atoms with E-state index in [-0.39, 0.29) is 87.8 Å². The fourth-order valence-corrected chi connectivity index (χ4v) is 0. The van der Waals surface area contributed by atoms with E-state index in [2.05, 4.69) is 0 Å². The van der Waals surface area contributed by atoms with Gasteiger partial charge in [-0.15, -0.1) is 0 Å². The summed E-state index contributed by atoms with van der Waals surface area (Å²) in [6, 6.07) is 0. The van der Waals surface area contributed by atoms with Gasteiger partial charge in [0.15, 0.2) is 0 Å². The molecular weight excluding hydrogens is 503 g/mol. The van der Waals surface area contributed by atoms with Crippen LogP contribution in [0.3, 0.4) is 0 Å². The van der Waals surface area contributed by atoms with E-state index in [4.69, 9.17) is 57.7 Å². The van der Waals surface area contributed by atoms with Gasteiger partial charge >= 0.3 is 42.3 Å². The van der Waals surface area contributed by atoms with Gasteiger partial charge < -0.3 is 61.8 Å². The fourth-order valence-electron chi connectivity index (χ4n) is 0. The van der Waals surface area contributed by atoms with E-state index in [0.717, 1.165) is 0 Å². The van der Waals surface area contributed by atoms with Crippen LogP contribution in [-0.4, -0.2) is 68.4 Å². The first-order valence-corrected chi connectivity index (χ1v) is 7.04. The van der Waals surface area contributed by atoms with Crippen LogP contribution in [0.25, 0.3) is 0 Å². The van der Waals surface area contributed by atoms with Crippen LogP contribution in [-0.2, 0) is 64.9 Å². The van der Waals surface area contributed by atoms with E-state index in [0.29, 0.717) is 0 Å². The zero-order valence-corrected chi connectivity index (χ0v) is 15.6. The third kappa shape index (κ3) is 1820. The van der Waals surface area contributed by atoms with Crippen LogP contribution in [0.2, 0.25) is 0 Å². The summed E-state index contributed by atoms with van der Waals surface area (Å²) in [6.07, 6.45) is 0. The van der Waals surface area contributed by atoms with Gasteiger partial charge in [-0.25, -0.2) is 13.7 Å². The van der Waals surface area contributed by atoms with Gasteiger partial charge in [0.1, 0.15) is 0 Å². The van der Waals surface area contributed by atoms with Crippen molar-refractivity contribution in [3.63, 3.8) is 0 Å². The molecule has 0 amide bonds. The Morgan fingerprint density at radius 1 is 0.455 bits per heavy atom. The first-order chi connectivity index (χ1) is 6.00. The Morgan fingerprint density at radius 2 is 0.455 bits per heavy atom. The molecule has 0 aliphatic heterocycles. The SMILES string of the molecule is N.N.O.O=P(O)(O)O.O=P(O)(O)O.O=P(O)(O)O.[Fe].[Fe].[Fe].[LiH]. The maximum absolute atomic E-state index is 8.88. The first-order valence-electron chi connectivity index (χ1n) is 2.35. The van der Waals surface area contributed by atoms with Crippen molar-refractivity contribution in [1.82, 2.24) is 12.3 Å². The quantitative estimate of drug-likeness (QED) is 0.107. The molecule has 0 heterocycles. The van der Waals surface area contributed by atoms with Crippen molar-refractivity contribution < 1.29 is 114 Å². The first kappa shape index (κ1) is 64.5. The second-order valence-corrected chi connectivity index (χ2v) is 4.62. The molecule has 0 rings (SSSR count). The number of phosphoric acid groups is 3. The molecule has 0 aliphatic rings. The molecule has 146 valence electrons. The zero-order chi connectivity index (χ0) is 13.5. The molecular formula is H18Fe3LiN2O13P3. The van der Waals surface area contributed by atoms with E-state index < -0.39 is 23.5 Å². The third-order valence-corrected chi connectivity index (χ3v) is 0. The number of hydrogen-bond acceptors (Lipinski definition) is 5. The van der Waals surface area contributed by atoms with Crippen LogP contribution in [0.1, 0.15) is 0 Å². The second-order valence-electron chi connectivity index (χ2n) is 1.54. The van der Waals surface area contributed by atoms with Crippen molar-refractivity contribution in [1.29, 1.82) is 0 Å². The molecule has 0 aromatic heterocycles. The summed E-state index contributed by atoms with van der Waals surface area (Å²) in [4.78, 5) is 64.7. The van der Waals surface area contributed by atoms with Gasteiger partial charge in [0.2, 0.25) is 0 Å². The predicted octanol–water partition coefficient (Wildman–Crippen LogP) is -3.94. The molecule has 0 saturated carbocycles. The van der Waals surface area contributed by atoms with Gasteiger partial charge in [-0.05, 0) is 0 Å². The fraction of sp³-hybridized carbons (Fsp3) is 0. The summed E-state index contributed by atoms with van der Waals surface area (Å²) in [5, 5.41) is 0. The van der Waals surface area contributed by atoms with Gasteiger partial charge in [0.25, 0.3) is 0 Å². The molecule has 22 heavy (non-hydrogen) atoms. The van der Waals surface area contributed by atoms with Crippen molar-refractivity contribution in [3.8, 4) is 0 Å². The molecule has 0 radical (unpaired) electrons. The Kier molecular flexibility index (Phi) is 82.6. The standard InChI is InChI=1S/3Fe.Li.2H3N.3H3O4P.H2O.H/c;;;;;;3*1-5(2,3)4;;/h;;;;2*1H3;3*(H3,1,2,3,4);1H2;. The summed E-state index contributed by atoms with van der Waals surface area (Å²) in [5.74, 6) is 0. The minimum atomic E-state index is -4.64. The molecule has 0 aliphatic carbocycles. The van der Waals surface area contributed by atoms with Crippen LogP contribution < -0.4 is 12.3 Å². The molecule has 0 atom stereocenters. The average molecular weight is 522 g/mol. The monoisotopic (exact) mass is 522 g/mol. The zero-order valence-electron chi connectivity index (χ0n) is 9.57. The van der Waals surface area contributed by atoms with Crippen molar-refractivity contribution in [2.45, 2.75) is 0 Å². The van der Waals surface area contributed by atoms with Gasteiger partial charge in [0, 0.05) is 51.2 Å². The Bertz CT molecular complexity index is 225. The Morgan fingerprint density at radius 3 is 0.455 bits per heavy atom. The molecule has 0 aromatic carbocycles. The molecule has 22 heteroatoms. The molecule has 15 nitrogen and oxygen atoms in total. The number of rotatable bonds is 0. The van der Waals surface area contributed by atoms with E-state index in [1.807, 2.05) is 0 Å². The van der Waals surface area contributed by atoms with Gasteiger partial charge in [-0.2, -0.15) is 0 Å². The van der Waals surface area contributed by atoms with Gasteiger partial charge in [0.05, 0.1) is 0 Å². The Balaban J connectivity index is -0.0000000106. The average Bonchev–Trinajstić information content (AvgIpc) is 1.41. The predicted molar refractivity (Wildman–Crippen MR) is 63.6 cm³/mol. The van der Waals surface area contributed by atoms with Gasteiger partial charge in [-0.3, -0.25) is 0 Å². The number of hydrogen-bond donors (Lipinski definition) is 11. The Hall–Kier alpha value is 2.37. The van der Waals surface area contributed by atoms with E-state index in [9.17, 15) is 0 Å². The van der Waals surface area contributed by atoms with E-state index in [1.165, 1.54) is 0 Å². The molecule has 0 spiro atoms. The van der Waals surface area contributed by atoms with Crippen molar-refractivity contribution in [3.05, 3.63) is 0 Å². The molecule has 0 fully saturated rings. The molecule has 0 unspecified atom stereocenters. The summed E-state index contributed by atoms with van der Waals surface area (Å²) >= 11 is 0. The second kappa shape index (κ2) is 28.2. The minimum absolute atomic E-state index is 0. The molecule has 0 aromatic rings. The van der Waals surface area contributed by atoms with Crippen LogP contribution in [0.5, 0.6) is 0 Å². The van der Waals surface area contributed by atoms with Crippen LogP contribution in [0.15, 0.2) is 0 Å². The summed E-state index contributed by atoms with van der Waals surface area (Å²) in [5.41, 5.74) is 0. The Labute approximate surface area is 168 Å². The van der Waals surface area contributed by atoms with Crippen LogP contribution >= 0.6 is 23.5 Å².